The number of rotatable bonds is 6. The van der Waals surface area contributed by atoms with Crippen LogP contribution in [0.3, 0.4) is 0 Å². The van der Waals surface area contributed by atoms with Gasteiger partial charge in [-0.25, -0.2) is 8.42 Å². The molecule has 9 heteroatoms. The second kappa shape index (κ2) is 7.71. The van der Waals surface area contributed by atoms with Crippen molar-refractivity contribution in [3.05, 3.63) is 54.5 Å². The molecule has 1 aromatic heterocycles. The summed E-state index contributed by atoms with van der Waals surface area (Å²) in [6, 6.07) is 10.2. The summed E-state index contributed by atoms with van der Waals surface area (Å²) in [5.74, 6) is -0.346. The van der Waals surface area contributed by atoms with Gasteiger partial charge in [0, 0.05) is 13.1 Å². The topological polar surface area (TPSA) is 109 Å². The molecule has 0 bridgehead atoms. The van der Waals surface area contributed by atoms with Gasteiger partial charge in [-0.3, -0.25) is 9.59 Å². The van der Waals surface area contributed by atoms with Crippen LogP contribution in [0.5, 0.6) is 0 Å². The standard InChI is InChI=1S/C17H19N3O5S/c21-16(19-12-13-5-4-10-25-13)11-15-17(22)18-8-9-20(15)26(23,24)14-6-2-1-3-7-14/h1-7,10,15H,8-9,11-12H2,(H,18,22)(H,19,21)/t15-/m1/s1. The average molecular weight is 377 g/mol. The fourth-order valence-corrected chi connectivity index (χ4v) is 4.36. The van der Waals surface area contributed by atoms with Gasteiger partial charge in [0.15, 0.2) is 0 Å². The number of carbonyl (C=O) groups excluding carboxylic acids is 2. The van der Waals surface area contributed by atoms with Gasteiger partial charge in [0.2, 0.25) is 21.8 Å². The van der Waals surface area contributed by atoms with Crippen molar-refractivity contribution >= 4 is 21.8 Å². The molecule has 1 aromatic carbocycles. The van der Waals surface area contributed by atoms with Crippen LogP contribution in [-0.2, 0) is 26.2 Å². The Labute approximate surface area is 151 Å². The lowest BCUT2D eigenvalue weighted by Gasteiger charge is -2.33. The first kappa shape index (κ1) is 18.2. The number of benzene rings is 1. The number of carbonyl (C=O) groups is 2. The highest BCUT2D eigenvalue weighted by Gasteiger charge is 2.39. The molecule has 0 spiro atoms. The number of nitrogens with zero attached hydrogens (tertiary/aromatic N) is 1. The maximum Gasteiger partial charge on any atom is 0.243 e. The summed E-state index contributed by atoms with van der Waals surface area (Å²) >= 11 is 0. The molecule has 3 rings (SSSR count). The summed E-state index contributed by atoms with van der Waals surface area (Å²) in [5, 5.41) is 5.25. The van der Waals surface area contributed by atoms with E-state index >= 15 is 0 Å². The third kappa shape index (κ3) is 3.94. The molecule has 0 unspecified atom stereocenters. The Morgan fingerprint density at radius 2 is 2.00 bits per heavy atom. The van der Waals surface area contributed by atoms with Crippen LogP contribution in [0, 0.1) is 0 Å². The molecule has 2 heterocycles. The summed E-state index contributed by atoms with van der Waals surface area (Å²) in [4.78, 5) is 24.5. The van der Waals surface area contributed by atoms with Crippen LogP contribution in [0.4, 0.5) is 0 Å². The number of amides is 2. The van der Waals surface area contributed by atoms with E-state index in [0.717, 1.165) is 4.31 Å². The first-order valence-electron chi connectivity index (χ1n) is 8.12. The number of nitrogens with one attached hydrogen (secondary N) is 2. The second-order valence-corrected chi connectivity index (χ2v) is 7.69. The fraction of sp³-hybridized carbons (Fsp3) is 0.294. The Morgan fingerprint density at radius 1 is 1.23 bits per heavy atom. The van der Waals surface area contributed by atoms with Crippen LogP contribution in [-0.4, -0.2) is 43.7 Å². The van der Waals surface area contributed by atoms with E-state index in [1.807, 2.05) is 0 Å². The first-order chi connectivity index (χ1) is 12.5. The van der Waals surface area contributed by atoms with Gasteiger partial charge in [-0.05, 0) is 24.3 Å². The Kier molecular flexibility index (Phi) is 5.38. The van der Waals surface area contributed by atoms with E-state index in [2.05, 4.69) is 10.6 Å². The summed E-state index contributed by atoms with van der Waals surface area (Å²) < 4.78 is 32.0. The largest absolute Gasteiger partial charge is 0.467 e. The molecule has 0 aliphatic carbocycles. The van der Waals surface area contributed by atoms with Gasteiger partial charge < -0.3 is 15.1 Å². The van der Waals surface area contributed by atoms with Crippen LogP contribution >= 0.6 is 0 Å². The monoisotopic (exact) mass is 377 g/mol. The molecule has 0 saturated carbocycles. The summed E-state index contributed by atoms with van der Waals surface area (Å²) in [6.45, 7) is 0.486. The number of hydrogen-bond donors (Lipinski definition) is 2. The number of sulfonamides is 1. The van der Waals surface area contributed by atoms with Crippen molar-refractivity contribution in [3.63, 3.8) is 0 Å². The van der Waals surface area contributed by atoms with Gasteiger partial charge in [0.1, 0.15) is 11.8 Å². The molecule has 2 N–H and O–H groups in total. The van der Waals surface area contributed by atoms with Crippen LogP contribution in [0.25, 0.3) is 0 Å². The molecule has 0 radical (unpaired) electrons. The van der Waals surface area contributed by atoms with Crippen molar-refractivity contribution in [2.24, 2.45) is 0 Å². The van der Waals surface area contributed by atoms with Crippen LogP contribution in [0.1, 0.15) is 12.2 Å². The quantitative estimate of drug-likeness (QED) is 0.761. The van der Waals surface area contributed by atoms with Crippen molar-refractivity contribution < 1.29 is 22.4 Å². The Bertz CT molecular complexity index is 865. The van der Waals surface area contributed by atoms with Gasteiger partial charge in [0.05, 0.1) is 24.1 Å². The predicted molar refractivity (Wildman–Crippen MR) is 92.3 cm³/mol. The van der Waals surface area contributed by atoms with Gasteiger partial charge in [-0.15, -0.1) is 0 Å². The van der Waals surface area contributed by atoms with Gasteiger partial charge in [-0.2, -0.15) is 4.31 Å². The van der Waals surface area contributed by atoms with Gasteiger partial charge in [-0.1, -0.05) is 18.2 Å². The normalized spacial score (nSPS) is 18.3. The Hall–Kier alpha value is -2.65. The minimum Gasteiger partial charge on any atom is -0.467 e. The summed E-state index contributed by atoms with van der Waals surface area (Å²) in [5.41, 5.74) is 0. The van der Waals surface area contributed by atoms with Gasteiger partial charge in [0.25, 0.3) is 0 Å². The molecular formula is C17H19N3O5S. The van der Waals surface area contributed by atoms with Crippen molar-refractivity contribution in [2.75, 3.05) is 13.1 Å². The van der Waals surface area contributed by atoms with E-state index in [1.54, 1.807) is 30.3 Å². The van der Waals surface area contributed by atoms with E-state index in [9.17, 15) is 18.0 Å². The van der Waals surface area contributed by atoms with E-state index < -0.39 is 27.9 Å². The molecule has 1 fully saturated rings. The molecule has 1 saturated heterocycles. The Balaban J connectivity index is 1.74. The molecule has 1 aliphatic rings. The Morgan fingerprint density at radius 3 is 2.69 bits per heavy atom. The first-order valence-corrected chi connectivity index (χ1v) is 9.56. The van der Waals surface area contributed by atoms with Crippen molar-refractivity contribution in [1.82, 2.24) is 14.9 Å². The van der Waals surface area contributed by atoms with E-state index in [0.29, 0.717) is 5.76 Å². The van der Waals surface area contributed by atoms with Crippen molar-refractivity contribution in [2.45, 2.75) is 23.9 Å². The number of piperazine rings is 1. The lowest BCUT2D eigenvalue weighted by atomic mass is 10.1. The maximum atomic E-state index is 12.9. The van der Waals surface area contributed by atoms with Crippen LogP contribution in [0.15, 0.2) is 58.0 Å². The summed E-state index contributed by atoms with van der Waals surface area (Å²) in [7, 11) is -3.87. The highest BCUT2D eigenvalue weighted by Crippen LogP contribution is 2.21. The van der Waals surface area contributed by atoms with Gasteiger partial charge >= 0.3 is 0 Å². The SMILES string of the molecule is O=C(C[C@@H]1C(=O)NCCN1S(=O)(=O)c1ccccc1)NCc1ccco1. The van der Waals surface area contributed by atoms with Crippen molar-refractivity contribution in [1.29, 1.82) is 0 Å². The number of hydrogen-bond acceptors (Lipinski definition) is 5. The molecule has 26 heavy (non-hydrogen) atoms. The smallest absolute Gasteiger partial charge is 0.243 e. The van der Waals surface area contributed by atoms with Crippen LogP contribution < -0.4 is 10.6 Å². The zero-order valence-electron chi connectivity index (χ0n) is 13.9. The molecule has 1 aliphatic heterocycles. The zero-order chi connectivity index (χ0) is 18.6. The average Bonchev–Trinajstić information content (AvgIpc) is 3.16. The molecule has 2 amide bonds. The third-order valence-corrected chi connectivity index (χ3v) is 5.97. The lowest BCUT2D eigenvalue weighted by molar-refractivity contribution is -0.131. The van der Waals surface area contributed by atoms with E-state index in [1.165, 1.54) is 18.4 Å². The predicted octanol–water partition coefficient (Wildman–Crippen LogP) is 0.475. The molecular weight excluding hydrogens is 358 g/mol. The van der Waals surface area contributed by atoms with E-state index in [-0.39, 0.29) is 31.0 Å². The minimum atomic E-state index is -3.87. The molecule has 1 atom stereocenters. The highest BCUT2D eigenvalue weighted by molar-refractivity contribution is 7.89. The zero-order valence-corrected chi connectivity index (χ0v) is 14.7. The molecule has 8 nitrogen and oxygen atoms in total. The fourth-order valence-electron chi connectivity index (χ4n) is 2.75. The third-order valence-electron chi connectivity index (χ3n) is 4.05. The lowest BCUT2D eigenvalue weighted by Crippen LogP contribution is -2.58. The maximum absolute atomic E-state index is 12.9. The van der Waals surface area contributed by atoms with Crippen LogP contribution in [0.2, 0.25) is 0 Å². The minimum absolute atomic E-state index is 0.0932. The highest BCUT2D eigenvalue weighted by atomic mass is 32.2. The second-order valence-electron chi connectivity index (χ2n) is 5.80. The number of furan rings is 1. The van der Waals surface area contributed by atoms with E-state index in [4.69, 9.17) is 4.42 Å². The molecule has 2 aromatic rings. The van der Waals surface area contributed by atoms with Crippen molar-refractivity contribution in [3.8, 4) is 0 Å². The molecule has 138 valence electrons. The summed E-state index contributed by atoms with van der Waals surface area (Å²) in [6.07, 6.45) is 1.23.